The van der Waals surface area contributed by atoms with Crippen LogP contribution in [0.25, 0.3) is 0 Å². The molecule has 178 valence electrons. The summed E-state index contributed by atoms with van der Waals surface area (Å²) in [7, 11) is -5.19. The van der Waals surface area contributed by atoms with Crippen LogP contribution in [0.4, 0.5) is 0 Å². The van der Waals surface area contributed by atoms with Gasteiger partial charge in [0.2, 0.25) is 5.28 Å². The number of rotatable bonds is 13. The van der Waals surface area contributed by atoms with Crippen LogP contribution in [0.2, 0.25) is 5.28 Å². The van der Waals surface area contributed by atoms with E-state index in [1.165, 1.54) is 0 Å². The minimum absolute atomic E-state index is 0.0588. The average molecular weight is 486 g/mol. The van der Waals surface area contributed by atoms with E-state index in [1.807, 2.05) is 45.9 Å². The Morgan fingerprint density at radius 2 is 1.56 bits per heavy atom. The zero-order valence-electron chi connectivity index (χ0n) is 18.8. The van der Waals surface area contributed by atoms with E-state index in [0.29, 0.717) is 18.6 Å². The number of ether oxygens (including phenoxy) is 2. The highest BCUT2D eigenvalue weighted by atomic mass is 35.5. The molecule has 2 aromatic rings. The highest BCUT2D eigenvalue weighted by Gasteiger charge is 2.34. The number of halogens is 1. The Hall–Kier alpha value is -1.77. The summed E-state index contributed by atoms with van der Waals surface area (Å²) in [6, 6.07) is 5.51. The lowest BCUT2D eigenvalue weighted by atomic mass is 9.91. The first kappa shape index (κ1) is 26.5. The Labute approximate surface area is 193 Å². The van der Waals surface area contributed by atoms with Crippen molar-refractivity contribution in [1.82, 2.24) is 15.0 Å². The smallest absolute Gasteiger partial charge is 0.329 e. The summed E-state index contributed by atoms with van der Waals surface area (Å²) in [5.41, 5.74) is 0.662. The molecule has 11 heteroatoms. The summed E-state index contributed by atoms with van der Waals surface area (Å²) in [5, 5.41) is -0.143. The highest BCUT2D eigenvalue weighted by molar-refractivity contribution is 7.43. The molecule has 0 unspecified atom stereocenters. The number of unbranched alkanes of at least 4 members (excludes halogenated alkanes) is 2. The Morgan fingerprint density at radius 1 is 1.00 bits per heavy atom. The lowest BCUT2D eigenvalue weighted by molar-refractivity contribution is -0.343. The zero-order valence-corrected chi connectivity index (χ0v) is 20.4. The molecule has 0 fully saturated rings. The number of hydrogen-bond donors (Lipinski definition) is 0. The number of benzene rings is 1. The van der Waals surface area contributed by atoms with E-state index >= 15 is 0 Å². The number of aromatic nitrogens is 3. The third kappa shape index (κ3) is 8.30. The first-order chi connectivity index (χ1) is 15.1. The number of hydrogen-bond acceptors (Lipinski definition) is 9. The Bertz CT molecular complexity index is 911. The molecular weight excluding hydrogens is 457 g/mol. The van der Waals surface area contributed by atoms with Gasteiger partial charge in [-0.15, -0.1) is 4.98 Å². The lowest BCUT2D eigenvalue weighted by Crippen LogP contribution is -2.42. The second kappa shape index (κ2) is 11.9. The fraction of sp³-hybridized carbons (Fsp3) is 0.571. The van der Waals surface area contributed by atoms with Gasteiger partial charge >= 0.3 is 12.0 Å². The molecule has 0 saturated heterocycles. The van der Waals surface area contributed by atoms with E-state index in [4.69, 9.17) is 21.1 Å². The summed E-state index contributed by atoms with van der Waals surface area (Å²) in [6.45, 7) is 7.34. The Morgan fingerprint density at radius 3 is 2.09 bits per heavy atom. The van der Waals surface area contributed by atoms with Crippen molar-refractivity contribution in [2.24, 2.45) is 0 Å². The molecule has 0 N–H and O–H groups in total. The van der Waals surface area contributed by atoms with Crippen LogP contribution in [-0.2, 0) is 9.09 Å². The monoisotopic (exact) mass is 485 g/mol. The van der Waals surface area contributed by atoms with Crippen molar-refractivity contribution in [3.8, 4) is 17.8 Å². The molecule has 1 heterocycles. The minimum atomic E-state index is -5.19. The molecule has 0 radical (unpaired) electrons. The van der Waals surface area contributed by atoms with Crippen molar-refractivity contribution in [2.45, 2.75) is 71.8 Å². The van der Waals surface area contributed by atoms with Crippen molar-refractivity contribution in [1.29, 1.82) is 0 Å². The Balaban J connectivity index is 2.37. The summed E-state index contributed by atoms with van der Waals surface area (Å²) >= 11 is 6.09. The summed E-state index contributed by atoms with van der Waals surface area (Å²) in [5.74, 6) is 0.589. The summed E-state index contributed by atoms with van der Waals surface area (Å²) in [6.07, 6.45) is 4.00. The first-order valence-electron chi connectivity index (χ1n) is 10.6. The van der Waals surface area contributed by atoms with Crippen molar-refractivity contribution in [3.05, 3.63) is 34.6 Å². The van der Waals surface area contributed by atoms with Crippen molar-refractivity contribution >= 4 is 19.4 Å². The predicted molar refractivity (Wildman–Crippen MR) is 117 cm³/mol. The third-order valence-electron chi connectivity index (χ3n) is 4.93. The number of phosphoric ester groups is 1. The van der Waals surface area contributed by atoms with Gasteiger partial charge in [-0.3, -0.25) is 0 Å². The van der Waals surface area contributed by atoms with Crippen LogP contribution in [0.5, 0.6) is 17.8 Å². The molecule has 0 saturated carbocycles. The molecule has 1 aromatic carbocycles. The van der Waals surface area contributed by atoms with Crippen LogP contribution in [0.15, 0.2) is 18.2 Å². The largest absolute Gasteiger partial charge is 0.790 e. The molecule has 1 aromatic heterocycles. The maximum absolute atomic E-state index is 11.2. The van der Waals surface area contributed by atoms with Gasteiger partial charge in [0.1, 0.15) is 11.4 Å². The molecule has 2 rings (SSSR count). The molecule has 0 amide bonds. The fourth-order valence-electron chi connectivity index (χ4n) is 3.25. The van der Waals surface area contributed by atoms with Gasteiger partial charge in [-0.2, -0.15) is 9.97 Å². The molecule has 0 aliphatic heterocycles. The van der Waals surface area contributed by atoms with Gasteiger partial charge in [0.05, 0.1) is 14.4 Å². The van der Waals surface area contributed by atoms with Gasteiger partial charge in [0.25, 0.3) is 0 Å². The molecule has 0 spiro atoms. The SMILES string of the molecule is CCCCC(CCCC)(COP(=O)([O-])[O-])Oc1nc(Cl)nc(Oc2c(C)cccc2C)n1. The standard InChI is InChI=1S/C21H31ClN3O6P/c1-5-7-12-21(13-8-6-2,14-29-32(26,27)28)31-20-24-18(22)23-19(25-20)30-17-15(3)10-9-11-16(17)4/h9-11H,5-8,12-14H2,1-4H3,(H2,26,27,28)/p-2. The van der Waals surface area contributed by atoms with E-state index in [0.717, 1.165) is 36.8 Å². The van der Waals surface area contributed by atoms with Gasteiger partial charge in [-0.05, 0) is 62.3 Å². The van der Waals surface area contributed by atoms with Gasteiger partial charge < -0.3 is 28.3 Å². The summed E-state index contributed by atoms with van der Waals surface area (Å²) in [4.78, 5) is 34.6. The Kier molecular flexibility index (Phi) is 9.85. The van der Waals surface area contributed by atoms with E-state index in [9.17, 15) is 14.4 Å². The van der Waals surface area contributed by atoms with E-state index in [-0.39, 0.29) is 17.3 Å². The number of phosphoric acid groups is 1. The van der Waals surface area contributed by atoms with Crippen LogP contribution in [-0.4, -0.2) is 27.2 Å². The van der Waals surface area contributed by atoms with Crippen molar-refractivity contribution < 1.29 is 28.3 Å². The fourth-order valence-corrected chi connectivity index (χ4v) is 3.78. The maximum Gasteiger partial charge on any atom is 0.329 e. The molecule has 0 atom stereocenters. The third-order valence-corrected chi connectivity index (χ3v) is 5.55. The van der Waals surface area contributed by atoms with Gasteiger partial charge in [-0.25, -0.2) is 0 Å². The van der Waals surface area contributed by atoms with Gasteiger partial charge in [-0.1, -0.05) is 44.9 Å². The van der Waals surface area contributed by atoms with Crippen molar-refractivity contribution in [2.75, 3.05) is 6.61 Å². The van der Waals surface area contributed by atoms with Crippen LogP contribution >= 0.6 is 19.4 Å². The van der Waals surface area contributed by atoms with E-state index in [2.05, 4.69) is 19.5 Å². The second-order valence-electron chi connectivity index (χ2n) is 7.71. The van der Waals surface area contributed by atoms with Crippen LogP contribution < -0.4 is 19.3 Å². The molecule has 0 aliphatic carbocycles. The number of para-hydroxylation sites is 1. The van der Waals surface area contributed by atoms with E-state index in [1.54, 1.807) is 0 Å². The van der Waals surface area contributed by atoms with Gasteiger partial charge in [0.15, 0.2) is 0 Å². The summed E-state index contributed by atoms with van der Waals surface area (Å²) < 4.78 is 27.7. The minimum Gasteiger partial charge on any atom is -0.790 e. The van der Waals surface area contributed by atoms with E-state index < -0.39 is 20.0 Å². The zero-order chi connectivity index (χ0) is 23.8. The topological polar surface area (TPSA) is 130 Å². The molecule has 32 heavy (non-hydrogen) atoms. The van der Waals surface area contributed by atoms with Crippen molar-refractivity contribution in [3.63, 3.8) is 0 Å². The second-order valence-corrected chi connectivity index (χ2v) is 9.20. The average Bonchev–Trinajstić information content (AvgIpc) is 2.71. The van der Waals surface area contributed by atoms with Crippen LogP contribution in [0, 0.1) is 13.8 Å². The molecular formula is C21H29ClN3O6P-2. The molecule has 9 nitrogen and oxygen atoms in total. The van der Waals surface area contributed by atoms with Crippen LogP contribution in [0.1, 0.15) is 63.5 Å². The molecule has 0 aliphatic rings. The highest BCUT2D eigenvalue weighted by Crippen LogP contribution is 2.34. The predicted octanol–water partition coefficient (Wildman–Crippen LogP) is 4.28. The maximum atomic E-state index is 11.2. The molecule has 0 bridgehead atoms. The van der Waals surface area contributed by atoms with Crippen LogP contribution in [0.3, 0.4) is 0 Å². The first-order valence-corrected chi connectivity index (χ1v) is 12.4. The number of nitrogens with zero attached hydrogens (tertiary/aromatic N) is 3. The normalized spacial score (nSPS) is 12.1. The lowest BCUT2D eigenvalue weighted by Gasteiger charge is -2.38. The number of aryl methyl sites for hydroxylation is 2. The quantitative estimate of drug-likeness (QED) is 0.381. The van der Waals surface area contributed by atoms with Gasteiger partial charge in [0, 0.05) is 0 Å².